The first-order valence-corrected chi connectivity index (χ1v) is 9.38. The molecule has 2 aromatic heterocycles. The maximum absolute atomic E-state index is 12.4. The number of esters is 1. The number of carbonyl (C=O) groups is 1. The smallest absolute Gasteiger partial charge is 0.350 e. The van der Waals surface area contributed by atoms with Crippen LogP contribution in [0.4, 0.5) is 0 Å². The quantitative estimate of drug-likeness (QED) is 0.472. The second kappa shape index (κ2) is 6.74. The molecule has 0 aliphatic carbocycles. The topological polar surface area (TPSA) is 52.1 Å². The van der Waals surface area contributed by atoms with Crippen molar-refractivity contribution >= 4 is 38.9 Å². The van der Waals surface area contributed by atoms with Gasteiger partial charge in [-0.05, 0) is 19.1 Å². The summed E-state index contributed by atoms with van der Waals surface area (Å²) < 4.78 is 6.54. The van der Waals surface area contributed by atoms with E-state index in [1.165, 1.54) is 11.3 Å². The molecule has 2 aromatic carbocycles. The monoisotopic (exact) mass is 366 g/mol. The Kier molecular flexibility index (Phi) is 4.29. The summed E-state index contributed by atoms with van der Waals surface area (Å²) in [5, 5.41) is 1.62. The molecule has 2 heterocycles. The van der Waals surface area contributed by atoms with Crippen LogP contribution in [0.15, 0.2) is 54.6 Å². The lowest BCUT2D eigenvalue weighted by Gasteiger charge is -2.00. The molecule has 0 atom stereocenters. The molecule has 25 heavy (non-hydrogen) atoms. The van der Waals surface area contributed by atoms with Crippen LogP contribution in [-0.4, -0.2) is 15.9 Å². The summed E-state index contributed by atoms with van der Waals surface area (Å²) in [5.41, 5.74) is 2.62. The van der Waals surface area contributed by atoms with Crippen LogP contribution in [0, 0.1) is 6.92 Å². The largest absolute Gasteiger partial charge is 0.454 e. The van der Waals surface area contributed by atoms with Gasteiger partial charge in [0.2, 0.25) is 0 Å². The molecule has 0 aliphatic rings. The third kappa shape index (κ3) is 3.31. The Balaban J connectivity index is 1.50. The van der Waals surface area contributed by atoms with Gasteiger partial charge in [-0.2, -0.15) is 0 Å². The molecule has 0 bridgehead atoms. The van der Waals surface area contributed by atoms with Crippen molar-refractivity contribution in [3.05, 3.63) is 70.2 Å². The van der Waals surface area contributed by atoms with E-state index in [0.717, 1.165) is 25.8 Å². The number of nitrogens with zero attached hydrogens (tertiary/aromatic N) is 2. The zero-order chi connectivity index (χ0) is 17.2. The van der Waals surface area contributed by atoms with Crippen molar-refractivity contribution < 1.29 is 9.53 Å². The molecule has 4 rings (SSSR count). The van der Waals surface area contributed by atoms with E-state index in [2.05, 4.69) is 9.97 Å². The minimum atomic E-state index is -0.351. The molecule has 124 valence electrons. The Morgan fingerprint density at radius 1 is 1.00 bits per heavy atom. The zero-order valence-electron chi connectivity index (χ0n) is 13.4. The van der Waals surface area contributed by atoms with Gasteiger partial charge in [-0.3, -0.25) is 0 Å². The van der Waals surface area contributed by atoms with Crippen LogP contribution in [-0.2, 0) is 11.3 Å². The van der Waals surface area contributed by atoms with Gasteiger partial charge in [-0.1, -0.05) is 42.5 Å². The van der Waals surface area contributed by atoms with Crippen LogP contribution in [0.5, 0.6) is 0 Å². The van der Waals surface area contributed by atoms with E-state index in [9.17, 15) is 4.79 Å². The standard InChI is InChI=1S/C19H14N2O2S2/c1-12-17(25-18(20-12)13-7-3-2-4-8-13)19(22)23-11-16-21-14-9-5-6-10-15(14)24-16/h2-10H,11H2,1H3. The molecule has 4 aromatic rings. The Hall–Kier alpha value is -2.57. The minimum Gasteiger partial charge on any atom is -0.454 e. The number of para-hydroxylation sites is 1. The average Bonchev–Trinajstić information content (AvgIpc) is 3.23. The second-order valence-corrected chi connectivity index (χ2v) is 7.57. The maximum atomic E-state index is 12.4. The molecule has 0 aliphatic heterocycles. The molecule has 6 heteroatoms. The first kappa shape index (κ1) is 15.9. The molecule has 0 radical (unpaired) electrons. The molecule has 0 N–H and O–H groups in total. The lowest BCUT2D eigenvalue weighted by molar-refractivity contribution is 0.0477. The molecule has 0 amide bonds. The number of aromatic nitrogens is 2. The highest BCUT2D eigenvalue weighted by molar-refractivity contribution is 7.18. The minimum absolute atomic E-state index is 0.177. The van der Waals surface area contributed by atoms with Gasteiger partial charge in [0.05, 0.1) is 15.9 Å². The number of ether oxygens (including phenoxy) is 1. The van der Waals surface area contributed by atoms with Crippen molar-refractivity contribution in [2.75, 3.05) is 0 Å². The van der Waals surface area contributed by atoms with Gasteiger partial charge in [0, 0.05) is 5.56 Å². The molecule has 0 fully saturated rings. The van der Waals surface area contributed by atoms with Crippen molar-refractivity contribution in [2.24, 2.45) is 0 Å². The summed E-state index contributed by atoms with van der Waals surface area (Å²) >= 11 is 2.90. The molecule has 0 saturated carbocycles. The number of hydrogen-bond donors (Lipinski definition) is 0. The third-order valence-electron chi connectivity index (χ3n) is 3.67. The van der Waals surface area contributed by atoms with Gasteiger partial charge >= 0.3 is 5.97 Å². The van der Waals surface area contributed by atoms with E-state index < -0.39 is 0 Å². The number of carbonyl (C=O) groups excluding carboxylic acids is 1. The van der Waals surface area contributed by atoms with Crippen LogP contribution in [0.2, 0.25) is 0 Å². The van der Waals surface area contributed by atoms with Gasteiger partial charge in [-0.15, -0.1) is 22.7 Å². The van der Waals surface area contributed by atoms with Crippen LogP contribution in [0.1, 0.15) is 20.4 Å². The number of thiazole rings is 2. The molecule has 0 unspecified atom stereocenters. The van der Waals surface area contributed by atoms with Gasteiger partial charge in [0.25, 0.3) is 0 Å². The van der Waals surface area contributed by atoms with Crippen molar-refractivity contribution in [1.29, 1.82) is 0 Å². The molecular formula is C19H14N2O2S2. The molecule has 0 spiro atoms. The summed E-state index contributed by atoms with van der Waals surface area (Å²) in [6.45, 7) is 2.01. The van der Waals surface area contributed by atoms with Gasteiger partial charge in [-0.25, -0.2) is 14.8 Å². The van der Waals surface area contributed by atoms with Gasteiger partial charge in [0.15, 0.2) is 0 Å². The number of fused-ring (bicyclic) bond motifs is 1. The Bertz CT molecular complexity index is 1000. The summed E-state index contributed by atoms with van der Waals surface area (Å²) in [4.78, 5) is 21.9. The zero-order valence-corrected chi connectivity index (χ0v) is 15.1. The maximum Gasteiger partial charge on any atom is 0.350 e. The van der Waals surface area contributed by atoms with E-state index in [0.29, 0.717) is 10.6 Å². The Morgan fingerprint density at radius 3 is 2.56 bits per heavy atom. The molecule has 0 saturated heterocycles. The van der Waals surface area contributed by atoms with E-state index in [-0.39, 0.29) is 12.6 Å². The van der Waals surface area contributed by atoms with Crippen LogP contribution >= 0.6 is 22.7 Å². The lowest BCUT2D eigenvalue weighted by atomic mass is 10.2. The number of benzene rings is 2. The summed E-state index contributed by atoms with van der Waals surface area (Å²) in [6.07, 6.45) is 0. The van der Waals surface area contributed by atoms with Crippen LogP contribution in [0.25, 0.3) is 20.8 Å². The van der Waals surface area contributed by atoms with Crippen molar-refractivity contribution in [3.63, 3.8) is 0 Å². The van der Waals surface area contributed by atoms with Gasteiger partial charge < -0.3 is 4.74 Å². The van der Waals surface area contributed by atoms with Crippen LogP contribution < -0.4 is 0 Å². The first-order chi connectivity index (χ1) is 12.2. The first-order valence-electron chi connectivity index (χ1n) is 7.75. The van der Waals surface area contributed by atoms with E-state index in [1.807, 2.05) is 61.5 Å². The normalized spacial score (nSPS) is 10.9. The summed E-state index contributed by atoms with van der Waals surface area (Å²) in [5.74, 6) is -0.351. The van der Waals surface area contributed by atoms with Crippen molar-refractivity contribution in [3.8, 4) is 10.6 Å². The fourth-order valence-corrected chi connectivity index (χ4v) is 4.31. The van der Waals surface area contributed by atoms with E-state index in [4.69, 9.17) is 4.74 Å². The van der Waals surface area contributed by atoms with Crippen molar-refractivity contribution in [1.82, 2.24) is 9.97 Å². The third-order valence-corrected chi connectivity index (χ3v) is 5.86. The summed E-state index contributed by atoms with van der Waals surface area (Å²) in [7, 11) is 0. The Labute approximate surface area is 152 Å². The van der Waals surface area contributed by atoms with Crippen LogP contribution in [0.3, 0.4) is 0 Å². The average molecular weight is 366 g/mol. The fraction of sp³-hybridized carbons (Fsp3) is 0.105. The number of hydrogen-bond acceptors (Lipinski definition) is 6. The highest BCUT2D eigenvalue weighted by Crippen LogP contribution is 2.29. The fourth-order valence-electron chi connectivity index (χ4n) is 2.46. The number of aryl methyl sites for hydroxylation is 1. The number of rotatable bonds is 4. The lowest BCUT2D eigenvalue weighted by Crippen LogP contribution is -2.04. The molecular weight excluding hydrogens is 352 g/mol. The molecule has 4 nitrogen and oxygen atoms in total. The summed E-state index contributed by atoms with van der Waals surface area (Å²) in [6, 6.07) is 17.7. The van der Waals surface area contributed by atoms with E-state index >= 15 is 0 Å². The SMILES string of the molecule is Cc1nc(-c2ccccc2)sc1C(=O)OCc1nc2ccccc2s1. The predicted molar refractivity (Wildman–Crippen MR) is 101 cm³/mol. The van der Waals surface area contributed by atoms with Crippen molar-refractivity contribution in [2.45, 2.75) is 13.5 Å². The predicted octanol–water partition coefficient (Wildman–Crippen LogP) is 5.09. The van der Waals surface area contributed by atoms with Gasteiger partial charge in [0.1, 0.15) is 21.5 Å². The highest BCUT2D eigenvalue weighted by Gasteiger charge is 2.18. The Morgan fingerprint density at radius 2 is 1.76 bits per heavy atom. The second-order valence-electron chi connectivity index (χ2n) is 5.45. The highest BCUT2D eigenvalue weighted by atomic mass is 32.1. The van der Waals surface area contributed by atoms with E-state index in [1.54, 1.807) is 11.3 Å².